The molecule has 2 aromatic rings. The van der Waals surface area contributed by atoms with Gasteiger partial charge in [0, 0.05) is 23.3 Å². The van der Waals surface area contributed by atoms with Crippen molar-refractivity contribution >= 4 is 15.9 Å². The van der Waals surface area contributed by atoms with E-state index < -0.39 is 0 Å². The quantitative estimate of drug-likeness (QED) is 0.850. The van der Waals surface area contributed by atoms with Crippen molar-refractivity contribution in [2.24, 2.45) is 0 Å². The van der Waals surface area contributed by atoms with Gasteiger partial charge in [-0.15, -0.1) is 0 Å². The molecule has 0 bridgehead atoms. The van der Waals surface area contributed by atoms with Gasteiger partial charge in [0.1, 0.15) is 5.82 Å². The molecule has 0 N–H and O–H groups in total. The van der Waals surface area contributed by atoms with Gasteiger partial charge in [0.25, 0.3) is 0 Å². The Hall–Kier alpha value is -1.22. The first kappa shape index (κ1) is 10.3. The van der Waals surface area contributed by atoms with E-state index in [1.165, 1.54) is 5.56 Å². The third-order valence-electron chi connectivity index (χ3n) is 2.17. The summed E-state index contributed by atoms with van der Waals surface area (Å²) in [6.45, 7) is 0. The molecule has 0 radical (unpaired) electrons. The van der Waals surface area contributed by atoms with E-state index in [1.807, 2.05) is 6.07 Å². The zero-order valence-electron chi connectivity index (χ0n) is 8.23. The lowest BCUT2D eigenvalue weighted by Gasteiger charge is -2.00. The van der Waals surface area contributed by atoms with E-state index in [4.69, 9.17) is 0 Å². The van der Waals surface area contributed by atoms with E-state index in [2.05, 4.69) is 50.2 Å². The zero-order chi connectivity index (χ0) is 10.5. The minimum absolute atomic E-state index is 0.891. The second kappa shape index (κ2) is 5.03. The molecule has 2 rings (SSSR count). The zero-order valence-corrected chi connectivity index (χ0v) is 9.81. The number of rotatable bonds is 3. The van der Waals surface area contributed by atoms with Crippen molar-refractivity contribution in [3.63, 3.8) is 0 Å². The first-order chi connectivity index (χ1) is 7.34. The van der Waals surface area contributed by atoms with Crippen LogP contribution < -0.4 is 0 Å². The van der Waals surface area contributed by atoms with Crippen LogP contribution in [-0.2, 0) is 12.8 Å². The molecule has 15 heavy (non-hydrogen) atoms. The van der Waals surface area contributed by atoms with Crippen LogP contribution in [0.2, 0.25) is 0 Å². The second-order valence-corrected chi connectivity index (χ2v) is 4.21. The topological polar surface area (TPSA) is 25.8 Å². The summed E-state index contributed by atoms with van der Waals surface area (Å²) < 4.78 is 1.11. The molecule has 0 amide bonds. The summed E-state index contributed by atoms with van der Waals surface area (Å²) in [5.74, 6) is 0.903. The van der Waals surface area contributed by atoms with Gasteiger partial charge in [-0.25, -0.2) is 9.97 Å². The van der Waals surface area contributed by atoms with Crippen molar-refractivity contribution in [3.8, 4) is 0 Å². The van der Waals surface area contributed by atoms with E-state index in [0.717, 1.165) is 23.1 Å². The van der Waals surface area contributed by atoms with Crippen LogP contribution in [0.5, 0.6) is 0 Å². The summed E-state index contributed by atoms with van der Waals surface area (Å²) in [5, 5.41) is 0. The molecule has 0 aliphatic heterocycles. The lowest BCUT2D eigenvalue weighted by molar-refractivity contribution is 0.857. The summed E-state index contributed by atoms with van der Waals surface area (Å²) in [7, 11) is 0. The molecular formula is C12H11BrN2. The summed E-state index contributed by atoms with van der Waals surface area (Å²) >= 11 is 3.42. The number of aromatic nitrogens is 2. The van der Waals surface area contributed by atoms with Gasteiger partial charge in [0.15, 0.2) is 0 Å². The van der Waals surface area contributed by atoms with Crippen LogP contribution in [0.15, 0.2) is 47.2 Å². The maximum atomic E-state index is 4.19. The highest BCUT2D eigenvalue weighted by Gasteiger charge is 1.97. The summed E-state index contributed by atoms with van der Waals surface area (Å²) in [4.78, 5) is 8.38. The van der Waals surface area contributed by atoms with Gasteiger partial charge in [-0.3, -0.25) is 0 Å². The molecule has 0 fully saturated rings. The number of nitrogens with zero attached hydrogens (tertiary/aromatic N) is 2. The smallest absolute Gasteiger partial charge is 0.128 e. The number of hydrogen-bond acceptors (Lipinski definition) is 2. The normalized spacial score (nSPS) is 10.2. The van der Waals surface area contributed by atoms with E-state index in [-0.39, 0.29) is 0 Å². The van der Waals surface area contributed by atoms with Gasteiger partial charge in [0.2, 0.25) is 0 Å². The van der Waals surface area contributed by atoms with Gasteiger partial charge in [-0.05, 0) is 30.2 Å². The van der Waals surface area contributed by atoms with Crippen molar-refractivity contribution in [2.75, 3.05) is 0 Å². The summed E-state index contributed by atoms with van der Waals surface area (Å²) in [6.07, 6.45) is 5.44. The van der Waals surface area contributed by atoms with E-state index >= 15 is 0 Å². The van der Waals surface area contributed by atoms with Crippen molar-refractivity contribution in [1.29, 1.82) is 0 Å². The highest BCUT2D eigenvalue weighted by atomic mass is 79.9. The van der Waals surface area contributed by atoms with Crippen LogP contribution in [0, 0.1) is 0 Å². The molecule has 2 nitrogen and oxygen atoms in total. The Balaban J connectivity index is 1.96. The third-order valence-corrected chi connectivity index (χ3v) is 2.70. The average Bonchev–Trinajstić information content (AvgIpc) is 2.30. The van der Waals surface area contributed by atoms with Crippen LogP contribution in [0.4, 0.5) is 0 Å². The first-order valence-electron chi connectivity index (χ1n) is 4.85. The van der Waals surface area contributed by atoms with Gasteiger partial charge in [-0.2, -0.15) is 0 Å². The van der Waals surface area contributed by atoms with Gasteiger partial charge >= 0.3 is 0 Å². The molecule has 0 saturated carbocycles. The number of hydrogen-bond donors (Lipinski definition) is 0. The Morgan fingerprint density at radius 1 is 0.933 bits per heavy atom. The highest BCUT2D eigenvalue weighted by Crippen LogP contribution is 2.11. The standard InChI is InChI=1S/C12H11BrN2/c13-11-5-2-10(3-6-11)4-7-12-14-8-1-9-15-12/h1-3,5-6,8-9H,4,7H2. The molecule has 0 aliphatic carbocycles. The van der Waals surface area contributed by atoms with Crippen LogP contribution in [0.25, 0.3) is 0 Å². The van der Waals surface area contributed by atoms with Crippen molar-refractivity contribution < 1.29 is 0 Å². The first-order valence-corrected chi connectivity index (χ1v) is 5.64. The summed E-state index contributed by atoms with van der Waals surface area (Å²) in [6, 6.07) is 10.2. The minimum Gasteiger partial charge on any atom is -0.241 e. The lowest BCUT2D eigenvalue weighted by Crippen LogP contribution is -1.96. The molecule has 0 aliphatic rings. The second-order valence-electron chi connectivity index (χ2n) is 3.29. The molecular weight excluding hydrogens is 252 g/mol. The van der Waals surface area contributed by atoms with Crippen LogP contribution in [0.3, 0.4) is 0 Å². The summed E-state index contributed by atoms with van der Waals surface area (Å²) in [5.41, 5.74) is 1.31. The monoisotopic (exact) mass is 262 g/mol. The molecule has 3 heteroatoms. The van der Waals surface area contributed by atoms with Crippen LogP contribution in [-0.4, -0.2) is 9.97 Å². The molecule has 0 spiro atoms. The molecule has 0 saturated heterocycles. The fourth-order valence-corrected chi connectivity index (χ4v) is 1.63. The predicted molar refractivity (Wildman–Crippen MR) is 63.6 cm³/mol. The molecule has 1 heterocycles. The Morgan fingerprint density at radius 3 is 2.27 bits per heavy atom. The minimum atomic E-state index is 0.891. The van der Waals surface area contributed by atoms with Crippen molar-refractivity contribution in [3.05, 3.63) is 58.6 Å². The molecule has 1 aromatic heterocycles. The number of benzene rings is 1. The lowest BCUT2D eigenvalue weighted by atomic mass is 10.1. The van der Waals surface area contributed by atoms with Crippen LogP contribution in [0.1, 0.15) is 11.4 Å². The Morgan fingerprint density at radius 2 is 1.60 bits per heavy atom. The van der Waals surface area contributed by atoms with E-state index in [1.54, 1.807) is 12.4 Å². The molecule has 76 valence electrons. The molecule has 0 atom stereocenters. The fraction of sp³-hybridized carbons (Fsp3) is 0.167. The Kier molecular flexibility index (Phi) is 3.45. The maximum absolute atomic E-state index is 4.19. The Bertz CT molecular complexity index is 411. The van der Waals surface area contributed by atoms with Gasteiger partial charge in [0.05, 0.1) is 0 Å². The largest absolute Gasteiger partial charge is 0.241 e. The van der Waals surface area contributed by atoms with Gasteiger partial charge in [-0.1, -0.05) is 28.1 Å². The average molecular weight is 263 g/mol. The number of halogens is 1. The van der Waals surface area contributed by atoms with Crippen LogP contribution >= 0.6 is 15.9 Å². The predicted octanol–water partition coefficient (Wildman–Crippen LogP) is 3.02. The molecule has 1 aromatic carbocycles. The SMILES string of the molecule is Brc1ccc(CCc2ncccn2)cc1. The maximum Gasteiger partial charge on any atom is 0.128 e. The highest BCUT2D eigenvalue weighted by molar-refractivity contribution is 9.10. The van der Waals surface area contributed by atoms with Gasteiger partial charge < -0.3 is 0 Å². The van der Waals surface area contributed by atoms with Crippen molar-refractivity contribution in [1.82, 2.24) is 9.97 Å². The van der Waals surface area contributed by atoms with Crippen molar-refractivity contribution in [2.45, 2.75) is 12.8 Å². The van der Waals surface area contributed by atoms with E-state index in [9.17, 15) is 0 Å². The van der Waals surface area contributed by atoms with E-state index in [0.29, 0.717) is 0 Å². The number of aryl methyl sites for hydroxylation is 2. The molecule has 0 unspecified atom stereocenters. The third kappa shape index (κ3) is 3.13. The Labute approximate surface area is 97.5 Å². The fourth-order valence-electron chi connectivity index (χ4n) is 1.37.